The number of aromatic hydroxyl groups is 1. The van der Waals surface area contributed by atoms with Gasteiger partial charge in [-0.1, -0.05) is 182 Å². The monoisotopic (exact) mass is 647 g/mol. The number of phenols is 1. The Morgan fingerprint density at radius 1 is 0.341 bits per heavy atom. The molecule has 0 aliphatic rings. The molecule has 44 heavy (non-hydrogen) atoms. The van der Waals surface area contributed by atoms with Crippen LogP contribution in [0, 0.1) is 0 Å². The summed E-state index contributed by atoms with van der Waals surface area (Å²) >= 11 is 0. The van der Waals surface area contributed by atoms with E-state index in [4.69, 9.17) is 0 Å². The summed E-state index contributed by atoms with van der Waals surface area (Å²) in [7, 11) is 0. The molecule has 0 radical (unpaired) electrons. The molecule has 0 aromatic heterocycles. The summed E-state index contributed by atoms with van der Waals surface area (Å²) in [5, 5.41) is 11.5. The molecular weight excluding hydrogens is 568 g/mol. The zero-order valence-electron chi connectivity index (χ0n) is 30.7. The standard InChI is InChI=1S/C42H78O.Ti/c1-5-9-13-17-21-25-29-33-38-37-42(43)41(36-32-28-24-20-16-12-8-4)40(35-31-27-23-19-15-11-7-3)39(38)34-30-26-22-18-14-10-6-2;/h37,43H,5-36H2,1-4H3;. The van der Waals surface area contributed by atoms with Crippen LogP contribution >= 0.6 is 0 Å². The van der Waals surface area contributed by atoms with Crippen LogP contribution in [-0.4, -0.2) is 5.11 Å². The fraction of sp³-hybridized carbons (Fsp3) is 0.857. The van der Waals surface area contributed by atoms with Gasteiger partial charge in [-0.25, -0.2) is 0 Å². The molecule has 1 rings (SSSR count). The molecule has 256 valence electrons. The zero-order valence-corrected chi connectivity index (χ0v) is 32.2. The molecule has 2 heteroatoms. The molecule has 1 aromatic rings. The van der Waals surface area contributed by atoms with Gasteiger partial charge >= 0.3 is 0 Å². The van der Waals surface area contributed by atoms with Crippen LogP contribution in [0.4, 0.5) is 0 Å². The maximum absolute atomic E-state index is 11.5. The smallest absolute Gasteiger partial charge is 0.119 e. The van der Waals surface area contributed by atoms with E-state index in [9.17, 15) is 5.11 Å². The molecule has 0 heterocycles. The van der Waals surface area contributed by atoms with E-state index in [1.54, 1.807) is 11.1 Å². The zero-order chi connectivity index (χ0) is 31.2. The molecule has 0 atom stereocenters. The molecule has 0 saturated carbocycles. The number of unbranched alkanes of at least 4 members (excludes halogenated alkanes) is 24. The summed E-state index contributed by atoms with van der Waals surface area (Å²) in [4.78, 5) is 0. The van der Waals surface area contributed by atoms with E-state index in [2.05, 4.69) is 33.8 Å². The molecule has 0 aliphatic carbocycles. The van der Waals surface area contributed by atoms with Gasteiger partial charge in [0.25, 0.3) is 0 Å². The number of phenolic OH excluding ortho intramolecular Hbond substituents is 1. The number of hydrogen-bond acceptors (Lipinski definition) is 1. The molecule has 0 saturated heterocycles. The van der Waals surface area contributed by atoms with Gasteiger partial charge < -0.3 is 5.11 Å². The van der Waals surface area contributed by atoms with Crippen molar-refractivity contribution in [3.63, 3.8) is 0 Å². The predicted octanol–water partition coefficient (Wildman–Crippen LogP) is 14.6. The Morgan fingerprint density at radius 2 is 0.614 bits per heavy atom. The quantitative estimate of drug-likeness (QED) is 0.0610. The number of aryl methyl sites for hydroxylation is 1. The van der Waals surface area contributed by atoms with Crippen LogP contribution in [0.1, 0.15) is 230 Å². The Labute approximate surface area is 292 Å². The van der Waals surface area contributed by atoms with Crippen molar-refractivity contribution in [2.45, 2.75) is 233 Å². The SMILES string of the molecule is CCCCCCCCCc1cc(O)c(CCCCCCCCC)c(CCCCCCCCC)c1CCCCCCCCC.[Ti]. The van der Waals surface area contributed by atoms with E-state index in [-0.39, 0.29) is 21.7 Å². The first-order valence-corrected chi connectivity index (χ1v) is 20.0. The minimum Gasteiger partial charge on any atom is -0.508 e. The van der Waals surface area contributed by atoms with E-state index in [1.807, 2.05) is 0 Å². The Balaban J connectivity index is 0.0000185. The maximum atomic E-state index is 11.5. The van der Waals surface area contributed by atoms with Gasteiger partial charge in [0.15, 0.2) is 0 Å². The third kappa shape index (κ3) is 22.3. The summed E-state index contributed by atoms with van der Waals surface area (Å²) < 4.78 is 0. The van der Waals surface area contributed by atoms with Crippen molar-refractivity contribution >= 4 is 0 Å². The van der Waals surface area contributed by atoms with Crippen LogP contribution in [0.2, 0.25) is 0 Å². The van der Waals surface area contributed by atoms with Crippen LogP contribution in [-0.2, 0) is 47.4 Å². The molecular formula is C42H78OTi. The van der Waals surface area contributed by atoms with Gasteiger partial charge in [0.05, 0.1) is 0 Å². The van der Waals surface area contributed by atoms with Crippen molar-refractivity contribution in [2.75, 3.05) is 0 Å². The average Bonchev–Trinajstić information content (AvgIpc) is 3.01. The van der Waals surface area contributed by atoms with E-state index < -0.39 is 0 Å². The Bertz CT molecular complexity index is 742. The minimum atomic E-state index is 0. The fourth-order valence-electron chi connectivity index (χ4n) is 7.03. The molecule has 0 spiro atoms. The molecule has 0 fully saturated rings. The topological polar surface area (TPSA) is 20.2 Å². The normalized spacial score (nSPS) is 11.3. The third-order valence-electron chi connectivity index (χ3n) is 9.88. The molecule has 1 N–H and O–H groups in total. The summed E-state index contributed by atoms with van der Waals surface area (Å²) in [6, 6.07) is 2.23. The minimum absolute atomic E-state index is 0. The van der Waals surface area contributed by atoms with E-state index in [0.29, 0.717) is 5.75 Å². The van der Waals surface area contributed by atoms with Crippen LogP contribution in [0.25, 0.3) is 0 Å². The number of hydrogen-bond donors (Lipinski definition) is 1. The Kier molecular flexibility index (Phi) is 32.5. The van der Waals surface area contributed by atoms with Crippen LogP contribution in [0.3, 0.4) is 0 Å². The molecule has 1 nitrogen and oxygen atoms in total. The van der Waals surface area contributed by atoms with Crippen molar-refractivity contribution in [1.29, 1.82) is 0 Å². The molecule has 1 aromatic carbocycles. The van der Waals surface area contributed by atoms with Crippen LogP contribution in [0.15, 0.2) is 6.07 Å². The van der Waals surface area contributed by atoms with Crippen molar-refractivity contribution in [3.8, 4) is 5.75 Å². The summed E-state index contributed by atoms with van der Waals surface area (Å²) in [6.45, 7) is 9.23. The van der Waals surface area contributed by atoms with E-state index in [1.165, 1.54) is 204 Å². The Hall–Kier alpha value is -0.266. The van der Waals surface area contributed by atoms with Gasteiger partial charge in [-0.3, -0.25) is 0 Å². The first-order valence-electron chi connectivity index (χ1n) is 20.0. The second-order valence-electron chi connectivity index (χ2n) is 14.0. The second-order valence-corrected chi connectivity index (χ2v) is 14.0. The van der Waals surface area contributed by atoms with Crippen LogP contribution < -0.4 is 0 Å². The first kappa shape index (κ1) is 43.7. The summed E-state index contributed by atoms with van der Waals surface area (Å²) in [5.74, 6) is 0.630. The van der Waals surface area contributed by atoms with E-state index >= 15 is 0 Å². The van der Waals surface area contributed by atoms with Gasteiger partial charge in [-0.2, -0.15) is 0 Å². The Morgan fingerprint density at radius 3 is 0.977 bits per heavy atom. The third-order valence-corrected chi connectivity index (χ3v) is 9.88. The van der Waals surface area contributed by atoms with Crippen molar-refractivity contribution in [3.05, 3.63) is 28.3 Å². The van der Waals surface area contributed by atoms with Crippen molar-refractivity contribution in [1.82, 2.24) is 0 Å². The van der Waals surface area contributed by atoms with Crippen LogP contribution in [0.5, 0.6) is 5.75 Å². The van der Waals surface area contributed by atoms with Gasteiger partial charge in [-0.05, 0) is 79.7 Å². The summed E-state index contributed by atoms with van der Waals surface area (Å²) in [6.07, 6.45) is 42.7. The van der Waals surface area contributed by atoms with E-state index in [0.717, 1.165) is 12.8 Å². The van der Waals surface area contributed by atoms with Crippen molar-refractivity contribution in [2.24, 2.45) is 0 Å². The average molecular weight is 647 g/mol. The van der Waals surface area contributed by atoms with Crippen molar-refractivity contribution < 1.29 is 26.8 Å². The largest absolute Gasteiger partial charge is 0.508 e. The molecule has 0 bridgehead atoms. The predicted molar refractivity (Wildman–Crippen MR) is 195 cm³/mol. The summed E-state index contributed by atoms with van der Waals surface area (Å²) in [5.41, 5.74) is 6.09. The van der Waals surface area contributed by atoms with Gasteiger partial charge in [-0.15, -0.1) is 0 Å². The first-order chi connectivity index (χ1) is 21.2. The van der Waals surface area contributed by atoms with Gasteiger partial charge in [0.2, 0.25) is 0 Å². The fourth-order valence-corrected chi connectivity index (χ4v) is 7.03. The maximum Gasteiger partial charge on any atom is 0.119 e. The molecule has 0 unspecified atom stereocenters. The van der Waals surface area contributed by atoms with Gasteiger partial charge in [0.1, 0.15) is 5.75 Å². The molecule has 0 amide bonds. The molecule has 0 aliphatic heterocycles. The van der Waals surface area contributed by atoms with Gasteiger partial charge in [0, 0.05) is 21.7 Å². The second kappa shape index (κ2) is 32.7. The number of rotatable bonds is 32. The number of benzene rings is 1.